The first kappa shape index (κ1) is 16.9. The first-order valence-corrected chi connectivity index (χ1v) is 8.16. The van der Waals surface area contributed by atoms with Crippen molar-refractivity contribution in [2.75, 3.05) is 33.1 Å². The molecular formula is C12H21NO6S. The fraction of sp³-hybridized carbons (Fsp3) is 0.833. The predicted molar refractivity (Wildman–Crippen MR) is 71.9 cm³/mol. The Morgan fingerprint density at radius 3 is 2.50 bits per heavy atom. The maximum absolute atomic E-state index is 12.3. The molecule has 0 bridgehead atoms. The lowest BCUT2D eigenvalue weighted by atomic mass is 10.1. The first-order valence-electron chi connectivity index (χ1n) is 6.27. The third-order valence-corrected chi connectivity index (χ3v) is 5.52. The molecule has 1 atom stereocenters. The molecule has 1 unspecified atom stereocenters. The number of morpholine rings is 1. The van der Waals surface area contributed by atoms with Gasteiger partial charge in [-0.2, -0.15) is 0 Å². The van der Waals surface area contributed by atoms with Crippen LogP contribution < -0.4 is 0 Å². The van der Waals surface area contributed by atoms with Crippen molar-refractivity contribution < 1.29 is 27.5 Å². The second-order valence-corrected chi connectivity index (χ2v) is 7.87. The maximum Gasteiger partial charge on any atom is 0.308 e. The van der Waals surface area contributed by atoms with Crippen LogP contribution in [0.2, 0.25) is 0 Å². The molecule has 1 saturated heterocycles. The molecule has 7 nitrogen and oxygen atoms in total. The molecule has 1 heterocycles. The van der Waals surface area contributed by atoms with Crippen molar-refractivity contribution >= 4 is 21.7 Å². The summed E-state index contributed by atoms with van der Waals surface area (Å²) < 4.78 is 31.8. The molecule has 1 fully saturated rings. The van der Waals surface area contributed by atoms with E-state index >= 15 is 0 Å². The lowest BCUT2D eigenvalue weighted by molar-refractivity contribution is -0.150. The van der Waals surface area contributed by atoms with Gasteiger partial charge in [0, 0.05) is 19.3 Å². The molecule has 1 aliphatic rings. The molecule has 1 rings (SSSR count). The van der Waals surface area contributed by atoms with E-state index in [1.807, 2.05) is 0 Å². The molecule has 116 valence electrons. The van der Waals surface area contributed by atoms with Crippen molar-refractivity contribution in [1.82, 2.24) is 4.90 Å². The van der Waals surface area contributed by atoms with Crippen LogP contribution in [-0.4, -0.2) is 69.1 Å². The van der Waals surface area contributed by atoms with Crippen LogP contribution >= 0.6 is 0 Å². The van der Waals surface area contributed by atoms with Gasteiger partial charge >= 0.3 is 5.97 Å². The lowest BCUT2D eigenvalue weighted by Crippen LogP contribution is -2.55. The average molecular weight is 307 g/mol. The molecule has 0 aromatic heterocycles. The van der Waals surface area contributed by atoms with E-state index < -0.39 is 32.6 Å². The number of carbonyl (C=O) groups is 2. The highest BCUT2D eigenvalue weighted by Gasteiger charge is 2.42. The number of methoxy groups -OCH3 is 1. The van der Waals surface area contributed by atoms with E-state index in [0.29, 0.717) is 6.54 Å². The van der Waals surface area contributed by atoms with E-state index in [9.17, 15) is 18.0 Å². The summed E-state index contributed by atoms with van der Waals surface area (Å²) >= 11 is 0. The second kappa shape index (κ2) is 6.09. The standard InChI is InChI=1S/C12H21NO6S/c1-12(2,20(4,16)17)11(15)13-5-6-19-9(8-13)7-10(14)18-3/h9H,5-8H2,1-4H3. The first-order chi connectivity index (χ1) is 9.09. The Kier molecular flexibility index (Phi) is 5.15. The monoisotopic (exact) mass is 307 g/mol. The summed E-state index contributed by atoms with van der Waals surface area (Å²) in [5, 5.41) is 0. The Morgan fingerprint density at radius 1 is 1.40 bits per heavy atom. The van der Waals surface area contributed by atoms with Crippen molar-refractivity contribution in [2.24, 2.45) is 0 Å². The Morgan fingerprint density at radius 2 is 2.00 bits per heavy atom. The van der Waals surface area contributed by atoms with Crippen LogP contribution in [0.4, 0.5) is 0 Å². The smallest absolute Gasteiger partial charge is 0.308 e. The fourth-order valence-electron chi connectivity index (χ4n) is 1.84. The molecule has 0 radical (unpaired) electrons. The van der Waals surface area contributed by atoms with E-state index in [2.05, 4.69) is 4.74 Å². The van der Waals surface area contributed by atoms with Gasteiger partial charge < -0.3 is 14.4 Å². The predicted octanol–water partition coefficient (Wildman–Crippen LogP) is -0.400. The summed E-state index contributed by atoms with van der Waals surface area (Å²) in [6.07, 6.45) is 0.618. The summed E-state index contributed by atoms with van der Waals surface area (Å²) in [6.45, 7) is 3.54. The third-order valence-electron chi connectivity index (χ3n) is 3.49. The summed E-state index contributed by atoms with van der Waals surface area (Å²) in [6, 6.07) is 0. The van der Waals surface area contributed by atoms with Gasteiger partial charge in [0.15, 0.2) is 9.84 Å². The number of rotatable bonds is 4. The lowest BCUT2D eigenvalue weighted by Gasteiger charge is -2.36. The van der Waals surface area contributed by atoms with Crippen LogP contribution in [0.1, 0.15) is 20.3 Å². The average Bonchev–Trinajstić information content (AvgIpc) is 2.36. The minimum Gasteiger partial charge on any atom is -0.469 e. The van der Waals surface area contributed by atoms with Crippen LogP contribution in [0.5, 0.6) is 0 Å². The Balaban J connectivity index is 2.77. The van der Waals surface area contributed by atoms with Crippen LogP contribution in [0.3, 0.4) is 0 Å². The topological polar surface area (TPSA) is 90.0 Å². The van der Waals surface area contributed by atoms with Crippen molar-refractivity contribution in [3.8, 4) is 0 Å². The molecular weight excluding hydrogens is 286 g/mol. The normalized spacial score (nSPS) is 20.6. The summed E-state index contributed by atoms with van der Waals surface area (Å²) in [4.78, 5) is 25.0. The van der Waals surface area contributed by atoms with Crippen LogP contribution in [-0.2, 0) is 28.9 Å². The SMILES string of the molecule is COC(=O)CC1CN(C(=O)C(C)(C)S(C)(=O)=O)CCO1. The van der Waals surface area contributed by atoms with Gasteiger partial charge in [-0.1, -0.05) is 0 Å². The zero-order valence-corrected chi connectivity index (χ0v) is 13.0. The highest BCUT2D eigenvalue weighted by molar-refractivity contribution is 7.92. The van der Waals surface area contributed by atoms with E-state index in [4.69, 9.17) is 4.74 Å². The van der Waals surface area contributed by atoms with Gasteiger partial charge in [-0.25, -0.2) is 8.42 Å². The van der Waals surface area contributed by atoms with Gasteiger partial charge in [-0.05, 0) is 13.8 Å². The zero-order chi connectivity index (χ0) is 15.6. The minimum atomic E-state index is -3.52. The maximum atomic E-state index is 12.3. The van der Waals surface area contributed by atoms with Crippen LogP contribution in [0.25, 0.3) is 0 Å². The van der Waals surface area contributed by atoms with Crippen LogP contribution in [0, 0.1) is 0 Å². The molecule has 0 spiro atoms. The minimum absolute atomic E-state index is 0.0413. The third kappa shape index (κ3) is 3.69. The summed E-state index contributed by atoms with van der Waals surface area (Å²) in [5.41, 5.74) is 0. The number of carbonyl (C=O) groups excluding carboxylic acids is 2. The highest BCUT2D eigenvalue weighted by atomic mass is 32.2. The molecule has 1 aliphatic heterocycles. The summed E-state index contributed by atoms with van der Waals surface area (Å²) in [5.74, 6) is -0.898. The Labute approximate surface area is 119 Å². The molecule has 20 heavy (non-hydrogen) atoms. The van der Waals surface area contributed by atoms with E-state index in [1.165, 1.54) is 25.9 Å². The molecule has 0 N–H and O–H groups in total. The number of ether oxygens (including phenoxy) is 2. The van der Waals surface area contributed by atoms with Gasteiger partial charge in [0.2, 0.25) is 5.91 Å². The van der Waals surface area contributed by atoms with E-state index in [0.717, 1.165) is 6.26 Å². The Bertz CT molecular complexity index is 484. The van der Waals surface area contributed by atoms with Gasteiger partial charge in [-0.15, -0.1) is 0 Å². The highest BCUT2D eigenvalue weighted by Crippen LogP contribution is 2.21. The second-order valence-electron chi connectivity index (χ2n) is 5.31. The van der Waals surface area contributed by atoms with Crippen molar-refractivity contribution in [1.29, 1.82) is 0 Å². The largest absolute Gasteiger partial charge is 0.469 e. The van der Waals surface area contributed by atoms with Crippen LogP contribution in [0.15, 0.2) is 0 Å². The number of nitrogens with zero attached hydrogens (tertiary/aromatic N) is 1. The van der Waals surface area contributed by atoms with Gasteiger partial charge in [0.1, 0.15) is 4.75 Å². The Hall–Kier alpha value is -1.15. The quantitative estimate of drug-likeness (QED) is 0.657. The number of esters is 1. The van der Waals surface area contributed by atoms with Crippen molar-refractivity contribution in [3.05, 3.63) is 0 Å². The van der Waals surface area contributed by atoms with E-state index in [-0.39, 0.29) is 19.6 Å². The summed E-state index contributed by atoms with van der Waals surface area (Å²) in [7, 11) is -2.24. The molecule has 0 aromatic carbocycles. The van der Waals surface area contributed by atoms with Gasteiger partial charge in [0.25, 0.3) is 0 Å². The number of hydrogen-bond donors (Lipinski definition) is 0. The van der Waals surface area contributed by atoms with Gasteiger partial charge in [-0.3, -0.25) is 9.59 Å². The van der Waals surface area contributed by atoms with E-state index in [1.54, 1.807) is 0 Å². The fourth-order valence-corrected chi connectivity index (χ4v) is 2.28. The number of sulfone groups is 1. The van der Waals surface area contributed by atoms with Crippen molar-refractivity contribution in [3.63, 3.8) is 0 Å². The molecule has 0 saturated carbocycles. The molecule has 8 heteroatoms. The van der Waals surface area contributed by atoms with Crippen molar-refractivity contribution in [2.45, 2.75) is 31.1 Å². The number of hydrogen-bond acceptors (Lipinski definition) is 6. The zero-order valence-electron chi connectivity index (χ0n) is 12.2. The molecule has 0 aliphatic carbocycles. The molecule has 0 aromatic rings. The van der Waals surface area contributed by atoms with Gasteiger partial charge in [0.05, 0.1) is 26.2 Å². The molecule has 1 amide bonds. The number of amides is 1.